The van der Waals surface area contributed by atoms with Crippen molar-refractivity contribution in [3.63, 3.8) is 0 Å². The average molecular weight is 220 g/mol. The molecule has 1 atom stereocenters. The Balaban J connectivity index is 0.00000144. The molecule has 0 N–H and O–H groups in total. The van der Waals surface area contributed by atoms with Gasteiger partial charge in [-0.05, 0) is 19.3 Å². The SMILES string of the molecule is F[B-](F)(F)CCCC1CCCO1.[K+]. The van der Waals surface area contributed by atoms with Crippen LogP contribution in [0.3, 0.4) is 0 Å². The molecule has 1 unspecified atom stereocenters. The fourth-order valence-corrected chi connectivity index (χ4v) is 1.45. The molecular formula is C7H13BF3KO. The molecule has 1 saturated heterocycles. The largest absolute Gasteiger partial charge is 1.00 e. The standard InChI is InChI=1S/C7H13BF3O.K/c9-8(10,11)5-1-3-7-4-2-6-12-7;/h7H,1-6H2;/q-1;+1. The van der Waals surface area contributed by atoms with Crippen molar-refractivity contribution in [3.05, 3.63) is 0 Å². The zero-order chi connectivity index (χ0) is 9.03. The summed E-state index contributed by atoms with van der Waals surface area (Å²) in [5, 5.41) is 0. The smallest absolute Gasteiger partial charge is 0.449 e. The van der Waals surface area contributed by atoms with Crippen molar-refractivity contribution < 1.29 is 69.1 Å². The van der Waals surface area contributed by atoms with Gasteiger partial charge in [-0.15, -0.1) is 0 Å². The zero-order valence-corrected chi connectivity index (χ0v) is 11.1. The van der Waals surface area contributed by atoms with Crippen LogP contribution in [0.4, 0.5) is 12.9 Å². The molecule has 0 saturated carbocycles. The second-order valence-corrected chi connectivity index (χ2v) is 3.28. The molecular weight excluding hydrogens is 207 g/mol. The van der Waals surface area contributed by atoms with Crippen LogP contribution >= 0.6 is 0 Å². The van der Waals surface area contributed by atoms with E-state index in [9.17, 15) is 12.9 Å². The van der Waals surface area contributed by atoms with Crippen molar-refractivity contribution >= 4 is 6.98 Å². The Labute approximate surface area is 119 Å². The number of ether oxygens (including phenoxy) is 1. The third-order valence-corrected chi connectivity index (χ3v) is 2.08. The van der Waals surface area contributed by atoms with Crippen LogP contribution in [0, 0.1) is 0 Å². The van der Waals surface area contributed by atoms with Crippen LogP contribution in [0.1, 0.15) is 25.7 Å². The molecule has 0 aromatic heterocycles. The molecule has 1 heterocycles. The summed E-state index contributed by atoms with van der Waals surface area (Å²) in [7, 11) is 0. The van der Waals surface area contributed by atoms with Crippen molar-refractivity contribution in [1.82, 2.24) is 0 Å². The Morgan fingerprint density at radius 2 is 2.00 bits per heavy atom. The average Bonchev–Trinajstić information content (AvgIpc) is 2.36. The predicted molar refractivity (Wildman–Crippen MR) is 42.1 cm³/mol. The molecule has 0 aromatic rings. The molecule has 0 spiro atoms. The number of halogens is 3. The number of rotatable bonds is 4. The maximum Gasteiger partial charge on any atom is 1.00 e. The molecule has 1 nitrogen and oxygen atoms in total. The fraction of sp³-hybridized carbons (Fsp3) is 1.00. The number of hydrogen-bond donors (Lipinski definition) is 0. The van der Waals surface area contributed by atoms with Crippen LogP contribution in [0.5, 0.6) is 0 Å². The van der Waals surface area contributed by atoms with Crippen molar-refractivity contribution in [2.75, 3.05) is 6.61 Å². The van der Waals surface area contributed by atoms with Crippen LogP contribution in [0.15, 0.2) is 0 Å². The Bertz CT molecular complexity index is 136. The van der Waals surface area contributed by atoms with Gasteiger partial charge in [-0.1, -0.05) is 12.7 Å². The van der Waals surface area contributed by atoms with Gasteiger partial charge in [0.1, 0.15) is 0 Å². The molecule has 1 rings (SSSR count). The van der Waals surface area contributed by atoms with Gasteiger partial charge >= 0.3 is 58.4 Å². The second-order valence-electron chi connectivity index (χ2n) is 3.28. The van der Waals surface area contributed by atoms with Gasteiger partial charge in [0.15, 0.2) is 0 Å². The third kappa shape index (κ3) is 7.39. The summed E-state index contributed by atoms with van der Waals surface area (Å²) >= 11 is 0. The Hall–Kier alpha value is 1.45. The Morgan fingerprint density at radius 1 is 1.31 bits per heavy atom. The van der Waals surface area contributed by atoms with Crippen molar-refractivity contribution in [1.29, 1.82) is 0 Å². The van der Waals surface area contributed by atoms with Gasteiger partial charge in [0.25, 0.3) is 0 Å². The molecule has 72 valence electrons. The van der Waals surface area contributed by atoms with Crippen LogP contribution in [0.2, 0.25) is 6.32 Å². The minimum Gasteiger partial charge on any atom is -0.449 e. The van der Waals surface area contributed by atoms with Gasteiger partial charge < -0.3 is 17.7 Å². The summed E-state index contributed by atoms with van der Waals surface area (Å²) < 4.78 is 40.5. The minimum atomic E-state index is -4.58. The zero-order valence-electron chi connectivity index (χ0n) is 7.94. The maximum absolute atomic E-state index is 11.8. The van der Waals surface area contributed by atoms with Crippen LogP contribution in [0.25, 0.3) is 0 Å². The summed E-state index contributed by atoms with van der Waals surface area (Å²) in [6, 6.07) is 0. The van der Waals surface area contributed by atoms with Gasteiger partial charge in [0, 0.05) is 6.61 Å². The van der Waals surface area contributed by atoms with E-state index in [0.717, 1.165) is 19.4 Å². The first-order valence-corrected chi connectivity index (χ1v) is 4.40. The molecule has 6 heteroatoms. The molecule has 0 amide bonds. The van der Waals surface area contributed by atoms with Crippen LogP contribution < -0.4 is 51.4 Å². The summed E-state index contributed by atoms with van der Waals surface area (Å²) in [6.07, 6.45) is 2.23. The molecule has 0 aromatic carbocycles. The van der Waals surface area contributed by atoms with Crippen molar-refractivity contribution in [3.8, 4) is 0 Å². The monoisotopic (exact) mass is 220 g/mol. The summed E-state index contributed by atoms with van der Waals surface area (Å²) in [6.45, 7) is -3.85. The van der Waals surface area contributed by atoms with Gasteiger partial charge in [-0.3, -0.25) is 0 Å². The first-order chi connectivity index (χ1) is 5.58. The second kappa shape index (κ2) is 6.85. The van der Waals surface area contributed by atoms with E-state index in [1.54, 1.807) is 0 Å². The minimum absolute atomic E-state index is 0. The fourth-order valence-electron chi connectivity index (χ4n) is 1.45. The van der Waals surface area contributed by atoms with Crippen molar-refractivity contribution in [2.24, 2.45) is 0 Å². The quantitative estimate of drug-likeness (QED) is 0.596. The van der Waals surface area contributed by atoms with E-state index in [1.807, 2.05) is 0 Å². The third-order valence-electron chi connectivity index (χ3n) is 2.08. The maximum atomic E-state index is 11.8. The predicted octanol–water partition coefficient (Wildman–Crippen LogP) is -0.203. The molecule has 13 heavy (non-hydrogen) atoms. The molecule has 1 aliphatic heterocycles. The summed E-state index contributed by atoms with van der Waals surface area (Å²) in [4.78, 5) is 0. The van der Waals surface area contributed by atoms with Gasteiger partial charge in [0.2, 0.25) is 0 Å². The Morgan fingerprint density at radius 3 is 2.46 bits per heavy atom. The van der Waals surface area contributed by atoms with E-state index >= 15 is 0 Å². The topological polar surface area (TPSA) is 9.23 Å². The molecule has 0 radical (unpaired) electrons. The Kier molecular flexibility index (Phi) is 7.61. The van der Waals surface area contributed by atoms with E-state index in [-0.39, 0.29) is 63.9 Å². The molecule has 1 aliphatic rings. The van der Waals surface area contributed by atoms with E-state index in [1.165, 1.54) is 0 Å². The van der Waals surface area contributed by atoms with E-state index < -0.39 is 13.3 Å². The molecule has 1 fully saturated rings. The van der Waals surface area contributed by atoms with Crippen molar-refractivity contribution in [2.45, 2.75) is 38.1 Å². The molecule has 0 bridgehead atoms. The van der Waals surface area contributed by atoms with E-state index in [2.05, 4.69) is 0 Å². The van der Waals surface area contributed by atoms with E-state index in [0.29, 0.717) is 6.42 Å². The normalized spacial score (nSPS) is 22.8. The number of hydrogen-bond acceptors (Lipinski definition) is 1. The van der Waals surface area contributed by atoms with Crippen LogP contribution in [-0.4, -0.2) is 19.7 Å². The van der Waals surface area contributed by atoms with Gasteiger partial charge in [-0.2, -0.15) is 0 Å². The van der Waals surface area contributed by atoms with Crippen LogP contribution in [-0.2, 0) is 4.74 Å². The summed E-state index contributed by atoms with van der Waals surface area (Å²) in [5.41, 5.74) is 0. The molecule has 0 aliphatic carbocycles. The van der Waals surface area contributed by atoms with Gasteiger partial charge in [0.05, 0.1) is 6.10 Å². The first-order valence-electron chi connectivity index (χ1n) is 4.40. The van der Waals surface area contributed by atoms with Gasteiger partial charge in [-0.25, -0.2) is 0 Å². The first kappa shape index (κ1) is 14.5. The summed E-state index contributed by atoms with van der Waals surface area (Å²) in [5.74, 6) is 0. The van der Waals surface area contributed by atoms with E-state index in [4.69, 9.17) is 4.74 Å².